The van der Waals surface area contributed by atoms with Crippen LogP contribution in [-0.2, 0) is 4.79 Å². The van der Waals surface area contributed by atoms with Gasteiger partial charge in [-0.1, -0.05) is 54.6 Å². The molecule has 0 bridgehead atoms. The zero-order chi connectivity index (χ0) is 18.4. The lowest BCUT2D eigenvalue weighted by atomic mass is 10.0. The van der Waals surface area contributed by atoms with Crippen molar-refractivity contribution in [1.82, 2.24) is 0 Å². The first kappa shape index (κ1) is 17.2. The quantitative estimate of drug-likeness (QED) is 0.660. The van der Waals surface area contributed by atoms with Gasteiger partial charge in [-0.25, -0.2) is 4.79 Å². The van der Waals surface area contributed by atoms with Gasteiger partial charge in [0, 0.05) is 17.3 Å². The number of carboxylic acids is 1. The van der Waals surface area contributed by atoms with Gasteiger partial charge >= 0.3 is 5.97 Å². The van der Waals surface area contributed by atoms with E-state index in [1.807, 2.05) is 42.5 Å². The van der Waals surface area contributed by atoms with Gasteiger partial charge in [0.1, 0.15) is 0 Å². The second kappa shape index (κ2) is 7.94. The Morgan fingerprint density at radius 1 is 0.769 bits per heavy atom. The van der Waals surface area contributed by atoms with Gasteiger partial charge in [-0.15, -0.1) is 0 Å². The number of carboxylic acid groups (broad SMARTS) is 1. The molecule has 0 spiro atoms. The van der Waals surface area contributed by atoms with Gasteiger partial charge in [0.15, 0.2) is 0 Å². The van der Waals surface area contributed by atoms with Crippen LogP contribution < -0.4 is 5.32 Å². The van der Waals surface area contributed by atoms with E-state index in [1.165, 1.54) is 6.08 Å². The van der Waals surface area contributed by atoms with Crippen molar-refractivity contribution in [3.05, 3.63) is 96.1 Å². The number of amides is 1. The summed E-state index contributed by atoms with van der Waals surface area (Å²) >= 11 is 0. The SMILES string of the molecule is O=C(O)/C=C/c1ccc(NC(=O)c2ccc(-c3ccccc3)cc2)cc1. The largest absolute Gasteiger partial charge is 0.478 e. The number of anilines is 1. The minimum atomic E-state index is -0.999. The van der Waals surface area contributed by atoms with E-state index in [-0.39, 0.29) is 5.91 Å². The summed E-state index contributed by atoms with van der Waals surface area (Å²) in [5.41, 5.74) is 4.12. The molecule has 3 aromatic rings. The summed E-state index contributed by atoms with van der Waals surface area (Å²) in [5.74, 6) is -1.19. The Labute approximate surface area is 151 Å². The van der Waals surface area contributed by atoms with Crippen LogP contribution in [0.5, 0.6) is 0 Å². The topological polar surface area (TPSA) is 66.4 Å². The van der Waals surface area contributed by atoms with Crippen molar-refractivity contribution in [2.24, 2.45) is 0 Å². The molecule has 0 atom stereocenters. The molecule has 2 N–H and O–H groups in total. The van der Waals surface area contributed by atoms with Gasteiger partial charge in [-0.2, -0.15) is 0 Å². The fourth-order valence-corrected chi connectivity index (χ4v) is 2.49. The van der Waals surface area contributed by atoms with Gasteiger partial charge in [-0.3, -0.25) is 4.79 Å². The Morgan fingerprint density at radius 3 is 2.00 bits per heavy atom. The molecule has 0 unspecified atom stereocenters. The van der Waals surface area contributed by atoms with E-state index in [1.54, 1.807) is 36.4 Å². The summed E-state index contributed by atoms with van der Waals surface area (Å²) in [6.07, 6.45) is 2.57. The summed E-state index contributed by atoms with van der Waals surface area (Å²) in [5, 5.41) is 11.5. The summed E-state index contributed by atoms with van der Waals surface area (Å²) < 4.78 is 0. The number of rotatable bonds is 5. The Balaban J connectivity index is 1.67. The zero-order valence-electron chi connectivity index (χ0n) is 13.9. The van der Waals surface area contributed by atoms with Crippen LogP contribution in [-0.4, -0.2) is 17.0 Å². The highest BCUT2D eigenvalue weighted by Gasteiger charge is 2.06. The second-order valence-electron chi connectivity index (χ2n) is 5.69. The normalized spacial score (nSPS) is 10.6. The molecule has 0 aromatic heterocycles. The Bertz CT molecular complexity index is 927. The lowest BCUT2D eigenvalue weighted by molar-refractivity contribution is -0.131. The van der Waals surface area contributed by atoms with E-state index in [4.69, 9.17) is 5.11 Å². The third-order valence-electron chi connectivity index (χ3n) is 3.84. The maximum atomic E-state index is 12.4. The molecule has 4 heteroatoms. The lowest BCUT2D eigenvalue weighted by Crippen LogP contribution is -2.11. The van der Waals surface area contributed by atoms with E-state index in [0.29, 0.717) is 11.3 Å². The summed E-state index contributed by atoms with van der Waals surface area (Å²) in [4.78, 5) is 22.9. The van der Waals surface area contributed by atoms with Crippen molar-refractivity contribution < 1.29 is 14.7 Å². The molecule has 0 saturated heterocycles. The standard InChI is InChI=1S/C22H17NO3/c24-21(25)15-8-16-6-13-20(14-7-16)23-22(26)19-11-9-18(10-12-19)17-4-2-1-3-5-17/h1-15H,(H,23,26)(H,24,25)/b15-8+. The molecule has 3 rings (SSSR count). The van der Waals surface area contributed by atoms with Crippen LogP contribution in [0.1, 0.15) is 15.9 Å². The molecule has 0 aliphatic heterocycles. The average molecular weight is 343 g/mol. The van der Waals surface area contributed by atoms with Crippen molar-refractivity contribution in [1.29, 1.82) is 0 Å². The van der Waals surface area contributed by atoms with Gasteiger partial charge in [0.2, 0.25) is 0 Å². The van der Waals surface area contributed by atoms with Gasteiger partial charge in [-0.05, 0) is 47.0 Å². The minimum absolute atomic E-state index is 0.196. The first-order chi connectivity index (χ1) is 12.6. The van der Waals surface area contributed by atoms with Crippen LogP contribution >= 0.6 is 0 Å². The van der Waals surface area contributed by atoms with Gasteiger partial charge in [0.05, 0.1) is 0 Å². The molecule has 3 aromatic carbocycles. The Morgan fingerprint density at radius 2 is 1.38 bits per heavy atom. The minimum Gasteiger partial charge on any atom is -0.478 e. The van der Waals surface area contributed by atoms with Crippen molar-refractivity contribution in [3.63, 3.8) is 0 Å². The summed E-state index contributed by atoms with van der Waals surface area (Å²) in [7, 11) is 0. The van der Waals surface area contributed by atoms with E-state index in [0.717, 1.165) is 22.8 Å². The van der Waals surface area contributed by atoms with Crippen molar-refractivity contribution in [2.45, 2.75) is 0 Å². The van der Waals surface area contributed by atoms with E-state index in [9.17, 15) is 9.59 Å². The van der Waals surface area contributed by atoms with E-state index >= 15 is 0 Å². The Kier molecular flexibility index (Phi) is 5.25. The van der Waals surface area contributed by atoms with Crippen molar-refractivity contribution >= 4 is 23.6 Å². The molecule has 0 saturated carbocycles. The predicted molar refractivity (Wildman–Crippen MR) is 103 cm³/mol. The van der Waals surface area contributed by atoms with Crippen LogP contribution in [0.15, 0.2) is 84.9 Å². The Hall–Kier alpha value is -3.66. The highest BCUT2D eigenvalue weighted by atomic mass is 16.4. The molecule has 0 heterocycles. The zero-order valence-corrected chi connectivity index (χ0v) is 13.9. The molecule has 0 aliphatic rings. The first-order valence-electron chi connectivity index (χ1n) is 8.10. The third-order valence-corrected chi connectivity index (χ3v) is 3.84. The lowest BCUT2D eigenvalue weighted by Gasteiger charge is -2.07. The fourth-order valence-electron chi connectivity index (χ4n) is 2.49. The van der Waals surface area contributed by atoms with Crippen LogP contribution in [0.4, 0.5) is 5.69 Å². The first-order valence-corrected chi connectivity index (χ1v) is 8.10. The molecule has 0 aliphatic carbocycles. The number of aliphatic carboxylic acids is 1. The molecule has 128 valence electrons. The second-order valence-corrected chi connectivity index (χ2v) is 5.69. The molecular weight excluding hydrogens is 326 g/mol. The van der Waals surface area contributed by atoms with E-state index < -0.39 is 5.97 Å². The average Bonchev–Trinajstić information content (AvgIpc) is 2.68. The smallest absolute Gasteiger partial charge is 0.328 e. The number of hydrogen-bond donors (Lipinski definition) is 2. The highest BCUT2D eigenvalue weighted by Crippen LogP contribution is 2.20. The predicted octanol–water partition coefficient (Wildman–Crippen LogP) is 4.70. The van der Waals surface area contributed by atoms with Gasteiger partial charge < -0.3 is 10.4 Å². The monoisotopic (exact) mass is 343 g/mol. The third kappa shape index (κ3) is 4.45. The summed E-state index contributed by atoms with van der Waals surface area (Å²) in [6, 6.07) is 24.4. The maximum absolute atomic E-state index is 12.4. The number of hydrogen-bond acceptors (Lipinski definition) is 2. The van der Waals surface area contributed by atoms with Gasteiger partial charge in [0.25, 0.3) is 5.91 Å². The van der Waals surface area contributed by atoms with Crippen LogP contribution in [0.3, 0.4) is 0 Å². The molecule has 26 heavy (non-hydrogen) atoms. The maximum Gasteiger partial charge on any atom is 0.328 e. The molecule has 4 nitrogen and oxygen atoms in total. The number of carbonyl (C=O) groups is 2. The van der Waals surface area contributed by atoms with Crippen LogP contribution in [0.2, 0.25) is 0 Å². The van der Waals surface area contributed by atoms with Crippen molar-refractivity contribution in [2.75, 3.05) is 5.32 Å². The van der Waals surface area contributed by atoms with E-state index in [2.05, 4.69) is 5.32 Å². The molecule has 1 amide bonds. The fraction of sp³-hybridized carbons (Fsp3) is 0. The van der Waals surface area contributed by atoms with Crippen LogP contribution in [0, 0.1) is 0 Å². The molecule has 0 fully saturated rings. The molecule has 0 radical (unpaired) electrons. The number of benzene rings is 3. The van der Waals surface area contributed by atoms with Crippen LogP contribution in [0.25, 0.3) is 17.2 Å². The number of nitrogens with one attached hydrogen (secondary N) is 1. The molecular formula is C22H17NO3. The summed E-state index contributed by atoms with van der Waals surface area (Å²) in [6.45, 7) is 0. The van der Waals surface area contributed by atoms with Crippen molar-refractivity contribution in [3.8, 4) is 11.1 Å². The number of carbonyl (C=O) groups excluding carboxylic acids is 1. The highest BCUT2D eigenvalue weighted by molar-refractivity contribution is 6.04.